The largest absolute Gasteiger partial charge is 0.462 e. The van der Waals surface area contributed by atoms with Gasteiger partial charge in [0.1, 0.15) is 12.2 Å². The van der Waals surface area contributed by atoms with Crippen LogP contribution in [0.3, 0.4) is 0 Å². The third-order valence-electron chi connectivity index (χ3n) is 13.1. The summed E-state index contributed by atoms with van der Waals surface area (Å²) < 4.78 is 56.8. The molecule has 0 aromatic rings. The molecule has 6 aliphatic rings. The molecule has 7 bridgehead atoms. The lowest BCUT2D eigenvalue weighted by atomic mass is 9.42. The third kappa shape index (κ3) is 4.55. The summed E-state index contributed by atoms with van der Waals surface area (Å²) in [7, 11) is 6.21. The van der Waals surface area contributed by atoms with Crippen molar-refractivity contribution < 1.29 is 66.6 Å². The predicted molar refractivity (Wildman–Crippen MR) is 169 cm³/mol. The minimum absolute atomic E-state index is 0.0866. The van der Waals surface area contributed by atoms with E-state index in [0.717, 1.165) is 0 Å². The number of nitrogens with zero attached hydrogens (tertiary/aromatic N) is 1. The first-order valence-electron chi connectivity index (χ1n) is 17.3. The van der Waals surface area contributed by atoms with Crippen LogP contribution in [0.4, 0.5) is 0 Å². The van der Waals surface area contributed by atoms with Crippen LogP contribution in [0.25, 0.3) is 0 Å². The van der Waals surface area contributed by atoms with Crippen LogP contribution in [0, 0.1) is 34.5 Å². The van der Waals surface area contributed by atoms with Crippen molar-refractivity contribution in [3.63, 3.8) is 0 Å². The maximum absolute atomic E-state index is 13.5. The molecule has 5 saturated carbocycles. The molecular weight excluding hydrogens is 658 g/mol. The van der Waals surface area contributed by atoms with Gasteiger partial charge in [-0.15, -0.1) is 0 Å². The van der Waals surface area contributed by atoms with Crippen molar-refractivity contribution in [2.24, 2.45) is 34.5 Å². The lowest BCUT2D eigenvalue weighted by Gasteiger charge is -2.70. The van der Waals surface area contributed by atoms with Gasteiger partial charge in [-0.05, 0) is 18.9 Å². The maximum atomic E-state index is 13.5. The van der Waals surface area contributed by atoms with Crippen molar-refractivity contribution in [2.45, 2.75) is 108 Å². The topological polar surface area (TPSA) is 172 Å². The number of ether oxygens (including phenoxy) is 9. The van der Waals surface area contributed by atoms with E-state index in [1.807, 2.05) is 6.92 Å². The van der Waals surface area contributed by atoms with Gasteiger partial charge in [0, 0.05) is 111 Å². The second kappa shape index (κ2) is 12.7. The molecule has 0 aromatic heterocycles. The Kier molecular flexibility index (Phi) is 9.36. The van der Waals surface area contributed by atoms with Gasteiger partial charge in [-0.2, -0.15) is 0 Å². The van der Waals surface area contributed by atoms with E-state index in [9.17, 15) is 24.0 Å². The van der Waals surface area contributed by atoms with E-state index < -0.39 is 118 Å². The summed E-state index contributed by atoms with van der Waals surface area (Å²) in [5, 5.41) is 0. The van der Waals surface area contributed by atoms with Crippen LogP contribution in [0.1, 0.15) is 54.4 Å². The quantitative estimate of drug-likeness (QED) is 0.220. The molecule has 280 valence electrons. The van der Waals surface area contributed by atoms with Gasteiger partial charge in [0.15, 0.2) is 23.4 Å². The Morgan fingerprint density at radius 3 is 1.82 bits per heavy atom. The number of hydrogen-bond acceptors (Lipinski definition) is 15. The molecule has 15 heteroatoms. The highest BCUT2D eigenvalue weighted by Crippen LogP contribution is 2.81. The van der Waals surface area contributed by atoms with Gasteiger partial charge in [0.05, 0.1) is 18.8 Å². The molecule has 0 aromatic carbocycles. The fourth-order valence-corrected chi connectivity index (χ4v) is 12.8. The van der Waals surface area contributed by atoms with Gasteiger partial charge in [-0.25, -0.2) is 0 Å². The Morgan fingerprint density at radius 1 is 0.700 bits per heavy atom. The van der Waals surface area contributed by atoms with Crippen LogP contribution >= 0.6 is 0 Å². The van der Waals surface area contributed by atoms with Crippen LogP contribution in [0.15, 0.2) is 0 Å². The second-order valence-corrected chi connectivity index (χ2v) is 15.0. The van der Waals surface area contributed by atoms with Gasteiger partial charge < -0.3 is 42.6 Å². The minimum Gasteiger partial charge on any atom is -0.462 e. The fourth-order valence-electron chi connectivity index (χ4n) is 12.8. The molecule has 1 spiro atoms. The molecule has 6 unspecified atom stereocenters. The highest BCUT2D eigenvalue weighted by molar-refractivity contribution is 5.71. The zero-order chi connectivity index (χ0) is 36.7. The van der Waals surface area contributed by atoms with E-state index in [0.29, 0.717) is 19.5 Å². The van der Waals surface area contributed by atoms with Crippen molar-refractivity contribution in [3.05, 3.63) is 0 Å². The highest BCUT2D eigenvalue weighted by atomic mass is 16.7. The van der Waals surface area contributed by atoms with Crippen molar-refractivity contribution in [1.82, 2.24) is 4.90 Å². The summed E-state index contributed by atoms with van der Waals surface area (Å²) >= 11 is 0. The van der Waals surface area contributed by atoms with Gasteiger partial charge in [0.2, 0.25) is 0 Å². The summed E-state index contributed by atoms with van der Waals surface area (Å²) in [4.78, 5) is 67.8. The van der Waals surface area contributed by atoms with Gasteiger partial charge in [-0.1, -0.05) is 6.92 Å². The molecule has 0 radical (unpaired) electrons. The first-order valence-corrected chi connectivity index (χ1v) is 17.3. The van der Waals surface area contributed by atoms with E-state index in [4.69, 9.17) is 42.6 Å². The predicted octanol–water partition coefficient (Wildman–Crippen LogP) is 1.07. The van der Waals surface area contributed by atoms with E-state index in [1.165, 1.54) is 41.7 Å². The van der Waals surface area contributed by atoms with Gasteiger partial charge in [0.25, 0.3) is 0 Å². The van der Waals surface area contributed by atoms with Gasteiger partial charge >= 0.3 is 29.8 Å². The minimum atomic E-state index is -1.72. The summed E-state index contributed by atoms with van der Waals surface area (Å²) in [6, 6.07) is -0.420. The molecule has 0 N–H and O–H groups in total. The van der Waals surface area contributed by atoms with Crippen molar-refractivity contribution >= 4 is 29.8 Å². The molecule has 15 nitrogen and oxygen atoms in total. The number of fused-ring (bicyclic) bond motifs is 2. The van der Waals surface area contributed by atoms with Crippen LogP contribution in [0.2, 0.25) is 0 Å². The maximum Gasteiger partial charge on any atom is 0.303 e. The highest BCUT2D eigenvalue weighted by Gasteiger charge is 2.93. The van der Waals surface area contributed by atoms with Crippen LogP contribution in [0.5, 0.6) is 0 Å². The van der Waals surface area contributed by atoms with Crippen LogP contribution < -0.4 is 0 Å². The van der Waals surface area contributed by atoms with E-state index in [-0.39, 0.29) is 13.0 Å². The molecular formula is C35H51NO14. The SMILES string of the molecule is CCN1C[C@]2(COC)[C@H](OC(C)=O)CC(OC)C34[C@@H]5C[C@@]6(OC(C)=O)C(OC(C)=O)[C@@H]5[C@@](OC(C)=O)(C(C(OC)[C@@H]32)[C@@H]14)C(OC(C)=O)[C@@H]6OC. The number of hydrogen-bond donors (Lipinski definition) is 0. The summed E-state index contributed by atoms with van der Waals surface area (Å²) in [5.41, 5.74) is -5.09. The number of carbonyl (C=O) groups is 5. The first kappa shape index (κ1) is 36.9. The number of likely N-dealkylation sites (tertiary alicyclic amines) is 1. The number of esters is 5. The second-order valence-electron chi connectivity index (χ2n) is 15.0. The molecule has 50 heavy (non-hydrogen) atoms. The number of rotatable bonds is 11. The van der Waals surface area contributed by atoms with E-state index in [2.05, 4.69) is 4.90 Å². The monoisotopic (exact) mass is 709 g/mol. The molecule has 1 saturated heterocycles. The standard InChI is InChI=1S/C35H51NO14/c1-11-36-14-32(15-42-7)22(46-16(2)37)12-23(43-8)34-21-13-33(49-19(5)40)29(47-17(3)38)24(21)35(50-20(6)41,31(30(33)45-10)48-18(4)39)25(28(34)36)26(44-9)27(32)34/h21-31H,11-15H2,1-10H3/t21-,22-,23?,24-,25?,26?,27-,28-,29?,30+,31?,32+,33-,34?,35-/m1/s1. The van der Waals surface area contributed by atoms with Crippen molar-refractivity contribution in [1.29, 1.82) is 0 Å². The molecule has 15 atom stereocenters. The first-order chi connectivity index (χ1) is 23.6. The molecule has 5 aliphatic carbocycles. The van der Waals surface area contributed by atoms with E-state index >= 15 is 0 Å². The lowest BCUT2D eigenvalue weighted by Crippen LogP contribution is -2.82. The molecule has 1 heterocycles. The Morgan fingerprint density at radius 2 is 1.32 bits per heavy atom. The molecule has 6 rings (SSSR count). The fraction of sp³-hybridized carbons (Fsp3) is 0.857. The van der Waals surface area contributed by atoms with Gasteiger partial charge in [-0.3, -0.25) is 28.9 Å². The van der Waals surface area contributed by atoms with Crippen molar-refractivity contribution in [3.8, 4) is 0 Å². The number of piperidine rings is 1. The van der Waals surface area contributed by atoms with Crippen LogP contribution in [-0.4, -0.2) is 137 Å². The summed E-state index contributed by atoms with van der Waals surface area (Å²) in [6.07, 6.45) is -5.26. The average molecular weight is 710 g/mol. The summed E-state index contributed by atoms with van der Waals surface area (Å²) in [5.74, 6) is -5.72. The van der Waals surface area contributed by atoms with E-state index in [1.54, 1.807) is 21.3 Å². The molecule has 1 aliphatic heterocycles. The Labute approximate surface area is 292 Å². The number of methoxy groups -OCH3 is 4. The van der Waals surface area contributed by atoms with Crippen molar-refractivity contribution in [2.75, 3.05) is 48.1 Å². The summed E-state index contributed by atoms with van der Waals surface area (Å²) in [6.45, 7) is 9.62. The smallest absolute Gasteiger partial charge is 0.303 e. The zero-order valence-electron chi connectivity index (χ0n) is 30.5. The molecule has 6 fully saturated rings. The molecule has 0 amide bonds. The Hall–Kier alpha value is -2.85. The third-order valence-corrected chi connectivity index (χ3v) is 13.1. The number of carbonyl (C=O) groups excluding carboxylic acids is 5. The zero-order valence-corrected chi connectivity index (χ0v) is 30.5. The Balaban J connectivity index is 1.78. The Bertz CT molecular complexity index is 1420. The average Bonchev–Trinajstić information content (AvgIpc) is 3.40. The van der Waals surface area contributed by atoms with Crippen LogP contribution in [-0.2, 0) is 66.6 Å². The lowest BCUT2D eigenvalue weighted by molar-refractivity contribution is -0.326. The normalized spacial score (nSPS) is 46.5.